The third kappa shape index (κ3) is 4.84. The normalized spacial score (nSPS) is 25.9. The van der Waals surface area contributed by atoms with E-state index in [1.807, 2.05) is 0 Å². The highest BCUT2D eigenvalue weighted by molar-refractivity contribution is 7.90. The first-order chi connectivity index (χ1) is 15.3. The van der Waals surface area contributed by atoms with E-state index < -0.39 is 71.2 Å². The lowest BCUT2D eigenvalue weighted by Gasteiger charge is -2.47. The number of nitrogens with zero attached hydrogens (tertiary/aromatic N) is 1. The number of nitrogen functional groups attached to an aromatic ring is 1. The van der Waals surface area contributed by atoms with Crippen LogP contribution < -0.4 is 5.73 Å². The highest BCUT2D eigenvalue weighted by atomic mass is 32.2. The van der Waals surface area contributed by atoms with E-state index >= 15 is 0 Å². The van der Waals surface area contributed by atoms with Crippen LogP contribution in [0.2, 0.25) is 0 Å². The Balaban J connectivity index is 2.31. The molecule has 1 heterocycles. The average molecular weight is 528 g/mol. The molecule has 4 nitrogen and oxygen atoms in total. The van der Waals surface area contributed by atoms with Gasteiger partial charge in [0.15, 0.2) is 16.0 Å². The summed E-state index contributed by atoms with van der Waals surface area (Å²) in [5, 5.41) is 0. The maximum atomic E-state index is 14.6. The fourth-order valence-corrected chi connectivity index (χ4v) is 4.97. The second-order valence-corrected chi connectivity index (χ2v) is 10.8. The van der Waals surface area contributed by atoms with Gasteiger partial charge >= 0.3 is 11.8 Å². The molecule has 0 bridgehead atoms. The largest absolute Gasteiger partial charge is 0.397 e. The molecule has 0 saturated carbocycles. The van der Waals surface area contributed by atoms with Gasteiger partial charge in [-0.1, -0.05) is 26.0 Å². The van der Waals surface area contributed by atoms with Gasteiger partial charge in [0.25, 0.3) is 6.43 Å². The van der Waals surface area contributed by atoms with Crippen molar-refractivity contribution >= 4 is 15.5 Å². The Kier molecular flexibility index (Phi) is 7.89. The van der Waals surface area contributed by atoms with Crippen molar-refractivity contribution in [3.8, 4) is 0 Å². The van der Waals surface area contributed by atoms with Crippen molar-refractivity contribution in [1.29, 1.82) is 0 Å². The molecule has 1 aromatic carbocycles. The summed E-state index contributed by atoms with van der Waals surface area (Å²) in [7, 11) is -3.72. The summed E-state index contributed by atoms with van der Waals surface area (Å²) in [5.74, 6) is -12.6. The van der Waals surface area contributed by atoms with Gasteiger partial charge in [-0.3, -0.25) is 4.90 Å². The number of para-hydroxylation sites is 1. The van der Waals surface area contributed by atoms with Gasteiger partial charge < -0.3 is 5.73 Å². The lowest BCUT2D eigenvalue weighted by molar-refractivity contribution is -0.298. The molecule has 1 saturated heterocycles. The molecule has 0 amide bonds. The van der Waals surface area contributed by atoms with Crippen molar-refractivity contribution in [3.05, 3.63) is 23.8 Å². The summed E-state index contributed by atoms with van der Waals surface area (Å²) in [6.45, 7) is 1.94. The van der Waals surface area contributed by atoms with Crippen LogP contribution in [0.5, 0.6) is 0 Å². The number of alkyl halides is 9. The van der Waals surface area contributed by atoms with E-state index in [-0.39, 0.29) is 17.0 Å². The van der Waals surface area contributed by atoms with E-state index in [2.05, 4.69) is 0 Å². The number of nitrogens with two attached hydrogens (primary N) is 1. The minimum absolute atomic E-state index is 0.0947. The number of halogens is 9. The molecule has 1 fully saturated rings. The molecule has 0 spiro atoms. The van der Waals surface area contributed by atoms with Gasteiger partial charge in [-0.15, -0.1) is 0 Å². The molecule has 0 aromatic heterocycles. The maximum absolute atomic E-state index is 14.6. The van der Waals surface area contributed by atoms with Crippen LogP contribution in [-0.4, -0.2) is 69.6 Å². The zero-order chi connectivity index (χ0) is 26.4. The Labute approximate surface area is 191 Å². The third-order valence-corrected chi connectivity index (χ3v) is 7.68. The number of hydrogen-bond acceptors (Lipinski definition) is 4. The van der Waals surface area contributed by atoms with Crippen molar-refractivity contribution < 1.29 is 47.9 Å². The fraction of sp³-hybridized carbons (Fsp3) is 0.700. The third-order valence-electron chi connectivity index (χ3n) is 6.53. The molecule has 2 N–H and O–H groups in total. The van der Waals surface area contributed by atoms with Crippen LogP contribution in [-0.2, 0) is 15.3 Å². The molecule has 14 heteroatoms. The van der Waals surface area contributed by atoms with E-state index in [0.29, 0.717) is 10.5 Å². The number of rotatable bonds is 8. The number of benzene rings is 1. The number of hydrogen-bond donors (Lipinski definition) is 1. The summed E-state index contributed by atoms with van der Waals surface area (Å²) >= 11 is 0. The number of anilines is 1. The topological polar surface area (TPSA) is 63.4 Å². The number of sulfone groups is 1. The zero-order valence-corrected chi connectivity index (χ0v) is 19.2. The molecular formula is C20H25F9N2O2S. The van der Waals surface area contributed by atoms with E-state index in [1.165, 1.54) is 25.1 Å². The summed E-state index contributed by atoms with van der Waals surface area (Å²) in [6.07, 6.45) is -16.2. The second kappa shape index (κ2) is 9.40. The van der Waals surface area contributed by atoms with Crippen LogP contribution in [0.15, 0.2) is 23.1 Å². The maximum Gasteiger partial charge on any atom is 0.356 e. The van der Waals surface area contributed by atoms with Crippen molar-refractivity contribution in [3.63, 3.8) is 0 Å². The van der Waals surface area contributed by atoms with Gasteiger partial charge in [-0.2, -0.15) is 17.6 Å². The quantitative estimate of drug-likeness (QED) is 0.300. The zero-order valence-electron chi connectivity index (χ0n) is 18.4. The van der Waals surface area contributed by atoms with Gasteiger partial charge in [0.1, 0.15) is 0 Å². The van der Waals surface area contributed by atoms with Gasteiger partial charge in [0.05, 0.1) is 10.6 Å². The monoisotopic (exact) mass is 528 g/mol. The Hall–Kier alpha value is -1.70. The van der Waals surface area contributed by atoms with Crippen LogP contribution in [0.25, 0.3) is 0 Å². The first-order valence-electron chi connectivity index (χ1n) is 10.1. The molecule has 1 aliphatic rings. The highest BCUT2D eigenvalue weighted by Gasteiger charge is 2.70. The summed E-state index contributed by atoms with van der Waals surface area (Å²) in [6, 6.07) is 4.19. The van der Waals surface area contributed by atoms with Gasteiger partial charge in [-0.25, -0.2) is 30.4 Å². The summed E-state index contributed by atoms with van der Waals surface area (Å²) < 4.78 is 146. The molecular weight excluding hydrogens is 503 g/mol. The summed E-state index contributed by atoms with van der Waals surface area (Å²) in [5.41, 5.74) is 5.28. The lowest BCUT2D eigenvalue weighted by Crippen LogP contribution is -2.63. The number of likely N-dealkylation sites (tertiary alicyclic amines) is 1. The van der Waals surface area contributed by atoms with E-state index in [4.69, 9.17) is 5.73 Å². The molecule has 196 valence electrons. The van der Waals surface area contributed by atoms with Gasteiger partial charge in [-0.05, 0) is 29.4 Å². The first-order valence-corrected chi connectivity index (χ1v) is 12.0. The molecule has 1 aromatic rings. The van der Waals surface area contributed by atoms with Crippen LogP contribution in [0.4, 0.5) is 45.2 Å². The lowest BCUT2D eigenvalue weighted by atomic mass is 9.67. The molecule has 5 unspecified atom stereocenters. The van der Waals surface area contributed by atoms with Crippen molar-refractivity contribution in [2.75, 3.05) is 25.1 Å². The predicted octanol–water partition coefficient (Wildman–Crippen LogP) is 4.78. The Morgan fingerprint density at radius 1 is 1.09 bits per heavy atom. The molecule has 0 aliphatic carbocycles. The van der Waals surface area contributed by atoms with Crippen LogP contribution in [0.3, 0.4) is 0 Å². The summed E-state index contributed by atoms with van der Waals surface area (Å²) in [4.78, 5) is 0.114. The van der Waals surface area contributed by atoms with Crippen molar-refractivity contribution in [2.24, 2.45) is 5.92 Å². The van der Waals surface area contributed by atoms with Crippen LogP contribution >= 0.6 is 0 Å². The van der Waals surface area contributed by atoms with Gasteiger partial charge in [0.2, 0.25) is 12.5 Å². The van der Waals surface area contributed by atoms with E-state index in [1.54, 1.807) is 6.92 Å². The molecule has 5 atom stereocenters. The fourth-order valence-electron chi connectivity index (χ4n) is 4.14. The molecule has 1 aliphatic heterocycles. The molecule has 2 rings (SSSR count). The SMILES string of the molecule is CC1CN(C(F)C(F)(F)C(F)(F)C(F)C(F)C(F)F)CCC1(C)c1cccc(S(C)(=O)=O)c1N. The average Bonchev–Trinajstić information content (AvgIpc) is 2.72. The van der Waals surface area contributed by atoms with Gasteiger partial charge in [0, 0.05) is 19.3 Å². The highest BCUT2D eigenvalue weighted by Crippen LogP contribution is 2.48. The second-order valence-electron chi connectivity index (χ2n) is 8.82. The Bertz CT molecular complexity index is 992. The Morgan fingerprint density at radius 2 is 1.65 bits per heavy atom. The molecule has 0 radical (unpaired) electrons. The van der Waals surface area contributed by atoms with Crippen molar-refractivity contribution in [2.45, 2.75) is 67.5 Å². The minimum atomic E-state index is -6.06. The standard InChI is InChI=1S/C20H25F9N2O2S/c1-10-9-31(17(25)20(28,29)19(26,27)15(22)13(21)16(23)24)8-7-18(10,2)11-5-4-6-12(14(11)30)34(3,32)33/h4-6,10,13,15-17H,7-9,30H2,1-3H3. The van der Waals surface area contributed by atoms with Crippen LogP contribution in [0.1, 0.15) is 25.8 Å². The first kappa shape index (κ1) is 28.5. The predicted molar refractivity (Wildman–Crippen MR) is 107 cm³/mol. The number of piperidine rings is 1. The molecule has 34 heavy (non-hydrogen) atoms. The smallest absolute Gasteiger partial charge is 0.356 e. The van der Waals surface area contributed by atoms with Crippen LogP contribution in [0, 0.1) is 5.92 Å². The van der Waals surface area contributed by atoms with E-state index in [0.717, 1.165) is 6.26 Å². The van der Waals surface area contributed by atoms with E-state index in [9.17, 15) is 47.9 Å². The van der Waals surface area contributed by atoms with Crippen molar-refractivity contribution in [1.82, 2.24) is 4.90 Å². The minimum Gasteiger partial charge on any atom is -0.397 e. The Morgan fingerprint density at radius 3 is 2.12 bits per heavy atom.